The summed E-state index contributed by atoms with van der Waals surface area (Å²) in [5, 5.41) is 3.98. The average Bonchev–Trinajstić information content (AvgIpc) is 2.54. The first-order valence-corrected chi connectivity index (χ1v) is 10.4. The largest absolute Gasteiger partial charge is 0.308 e. The van der Waals surface area contributed by atoms with Gasteiger partial charge in [-0.25, -0.2) is 0 Å². The average molecular weight is 313 g/mol. The van der Waals surface area contributed by atoms with Gasteiger partial charge in [0.15, 0.2) is 0 Å². The van der Waals surface area contributed by atoms with E-state index in [1.807, 2.05) is 0 Å². The molecule has 2 fully saturated rings. The predicted octanol–water partition coefficient (Wildman–Crippen LogP) is 4.30. The molecular formula is C18H36N2S. The molecule has 1 aliphatic carbocycles. The highest BCUT2D eigenvalue weighted by molar-refractivity contribution is 7.99. The quantitative estimate of drug-likeness (QED) is 0.706. The maximum absolute atomic E-state index is 3.98. The number of hydrogen-bond donors (Lipinski definition) is 1. The van der Waals surface area contributed by atoms with E-state index >= 15 is 0 Å². The van der Waals surface area contributed by atoms with Gasteiger partial charge in [0.1, 0.15) is 0 Å². The van der Waals surface area contributed by atoms with Crippen LogP contribution in [0, 0.1) is 0 Å². The summed E-state index contributed by atoms with van der Waals surface area (Å²) in [5.41, 5.74) is 0.865. The van der Waals surface area contributed by atoms with Crippen LogP contribution in [0.4, 0.5) is 0 Å². The Bertz CT molecular complexity index is 296. The van der Waals surface area contributed by atoms with Crippen molar-refractivity contribution in [3.05, 3.63) is 0 Å². The van der Waals surface area contributed by atoms with Crippen molar-refractivity contribution in [2.45, 2.75) is 83.2 Å². The van der Waals surface area contributed by atoms with Crippen molar-refractivity contribution >= 4 is 11.8 Å². The van der Waals surface area contributed by atoms with Crippen LogP contribution in [-0.2, 0) is 0 Å². The minimum Gasteiger partial charge on any atom is -0.308 e. The van der Waals surface area contributed by atoms with E-state index in [0.29, 0.717) is 11.1 Å². The Morgan fingerprint density at radius 1 is 1.05 bits per heavy atom. The lowest BCUT2D eigenvalue weighted by molar-refractivity contribution is -0.0213. The molecule has 2 aliphatic rings. The van der Waals surface area contributed by atoms with Gasteiger partial charge in [-0.3, -0.25) is 4.90 Å². The van der Waals surface area contributed by atoms with Crippen molar-refractivity contribution < 1.29 is 0 Å². The van der Waals surface area contributed by atoms with Crippen LogP contribution < -0.4 is 5.32 Å². The fraction of sp³-hybridized carbons (Fsp3) is 1.00. The van der Waals surface area contributed by atoms with Crippen LogP contribution in [0.1, 0.15) is 72.1 Å². The van der Waals surface area contributed by atoms with Gasteiger partial charge in [-0.05, 0) is 50.2 Å². The highest BCUT2D eigenvalue weighted by atomic mass is 32.2. The van der Waals surface area contributed by atoms with E-state index in [1.165, 1.54) is 82.5 Å². The Hall–Kier alpha value is 0.270. The summed E-state index contributed by atoms with van der Waals surface area (Å²) in [7, 11) is 0. The maximum atomic E-state index is 3.98. The van der Waals surface area contributed by atoms with Crippen molar-refractivity contribution in [1.29, 1.82) is 0 Å². The molecule has 0 aromatic carbocycles. The summed E-state index contributed by atoms with van der Waals surface area (Å²) < 4.78 is 0. The van der Waals surface area contributed by atoms with Gasteiger partial charge in [0.05, 0.1) is 0 Å². The van der Waals surface area contributed by atoms with E-state index in [1.54, 1.807) is 0 Å². The lowest BCUT2D eigenvalue weighted by Gasteiger charge is -2.56. The fourth-order valence-electron chi connectivity index (χ4n) is 4.30. The molecule has 0 atom stereocenters. The Kier molecular flexibility index (Phi) is 6.89. The molecule has 0 bridgehead atoms. The van der Waals surface area contributed by atoms with Crippen molar-refractivity contribution in [1.82, 2.24) is 10.2 Å². The maximum Gasteiger partial charge on any atom is 0.0334 e. The first-order chi connectivity index (χ1) is 10.2. The highest BCUT2D eigenvalue weighted by Gasteiger charge is 2.45. The zero-order chi connectivity index (χ0) is 15.2. The minimum absolute atomic E-state index is 0.376. The molecule has 3 heteroatoms. The van der Waals surface area contributed by atoms with Gasteiger partial charge < -0.3 is 5.32 Å². The smallest absolute Gasteiger partial charge is 0.0334 e. The van der Waals surface area contributed by atoms with Gasteiger partial charge in [0.2, 0.25) is 0 Å². The SMILES string of the molecule is CCSCCCN1CC(CC)(CC)NCC12CCCCC2. The Morgan fingerprint density at radius 3 is 2.38 bits per heavy atom. The Labute approximate surface area is 136 Å². The fourth-order valence-corrected chi connectivity index (χ4v) is 4.92. The topological polar surface area (TPSA) is 15.3 Å². The lowest BCUT2D eigenvalue weighted by Crippen LogP contribution is -2.70. The highest BCUT2D eigenvalue weighted by Crippen LogP contribution is 2.38. The Balaban J connectivity index is 2.02. The van der Waals surface area contributed by atoms with E-state index in [-0.39, 0.29) is 0 Å². The number of nitrogens with zero attached hydrogens (tertiary/aromatic N) is 1. The van der Waals surface area contributed by atoms with E-state index in [9.17, 15) is 0 Å². The van der Waals surface area contributed by atoms with Gasteiger partial charge in [-0.1, -0.05) is 40.0 Å². The monoisotopic (exact) mass is 312 g/mol. The summed E-state index contributed by atoms with van der Waals surface area (Å²) >= 11 is 2.10. The lowest BCUT2D eigenvalue weighted by atomic mass is 9.75. The molecule has 1 aliphatic heterocycles. The van der Waals surface area contributed by atoms with Crippen LogP contribution in [0.25, 0.3) is 0 Å². The number of thioether (sulfide) groups is 1. The molecule has 0 aromatic rings. The third-order valence-corrected chi connectivity index (χ3v) is 7.00. The van der Waals surface area contributed by atoms with Crippen molar-refractivity contribution in [3.8, 4) is 0 Å². The zero-order valence-electron chi connectivity index (χ0n) is 14.5. The summed E-state index contributed by atoms with van der Waals surface area (Å²) in [6.07, 6.45) is 11.1. The van der Waals surface area contributed by atoms with Gasteiger partial charge in [0, 0.05) is 24.2 Å². The van der Waals surface area contributed by atoms with Crippen LogP contribution >= 0.6 is 11.8 Å². The first-order valence-electron chi connectivity index (χ1n) is 9.28. The van der Waals surface area contributed by atoms with Gasteiger partial charge in [-0.2, -0.15) is 11.8 Å². The van der Waals surface area contributed by atoms with Crippen LogP contribution in [0.3, 0.4) is 0 Å². The molecule has 0 radical (unpaired) electrons. The third kappa shape index (κ3) is 4.17. The second kappa shape index (κ2) is 8.21. The van der Waals surface area contributed by atoms with E-state index in [0.717, 1.165) is 0 Å². The number of rotatable bonds is 7. The van der Waals surface area contributed by atoms with Crippen molar-refractivity contribution in [2.75, 3.05) is 31.1 Å². The van der Waals surface area contributed by atoms with Gasteiger partial charge in [-0.15, -0.1) is 0 Å². The summed E-state index contributed by atoms with van der Waals surface area (Å²) in [4.78, 5) is 2.91. The molecular weight excluding hydrogens is 276 g/mol. The van der Waals surface area contributed by atoms with E-state index < -0.39 is 0 Å². The molecule has 1 saturated carbocycles. The second-order valence-corrected chi connectivity index (χ2v) is 8.49. The van der Waals surface area contributed by atoms with Crippen LogP contribution in [0.15, 0.2) is 0 Å². The molecule has 0 unspecified atom stereocenters. The number of piperazine rings is 1. The first kappa shape index (κ1) is 17.6. The van der Waals surface area contributed by atoms with Crippen molar-refractivity contribution in [2.24, 2.45) is 0 Å². The zero-order valence-corrected chi connectivity index (χ0v) is 15.4. The summed E-state index contributed by atoms with van der Waals surface area (Å²) in [6.45, 7) is 10.8. The molecule has 124 valence electrons. The van der Waals surface area contributed by atoms with E-state index in [2.05, 4.69) is 42.7 Å². The third-order valence-electron chi connectivity index (χ3n) is 6.02. The molecule has 1 heterocycles. The molecule has 2 rings (SSSR count). The normalized spacial score (nSPS) is 25.3. The summed E-state index contributed by atoms with van der Waals surface area (Å²) in [5.74, 6) is 2.60. The molecule has 2 nitrogen and oxygen atoms in total. The van der Waals surface area contributed by atoms with Crippen LogP contribution in [0.2, 0.25) is 0 Å². The van der Waals surface area contributed by atoms with Crippen LogP contribution in [0.5, 0.6) is 0 Å². The summed E-state index contributed by atoms with van der Waals surface area (Å²) in [6, 6.07) is 0. The van der Waals surface area contributed by atoms with E-state index in [4.69, 9.17) is 0 Å². The van der Waals surface area contributed by atoms with Gasteiger partial charge >= 0.3 is 0 Å². The second-order valence-electron chi connectivity index (χ2n) is 7.10. The molecule has 1 spiro atoms. The van der Waals surface area contributed by atoms with Crippen LogP contribution in [-0.4, -0.2) is 47.1 Å². The number of nitrogens with one attached hydrogen (secondary N) is 1. The molecule has 0 amide bonds. The predicted molar refractivity (Wildman–Crippen MR) is 96.3 cm³/mol. The molecule has 0 aromatic heterocycles. The minimum atomic E-state index is 0.376. The Morgan fingerprint density at radius 2 is 1.76 bits per heavy atom. The molecule has 1 N–H and O–H groups in total. The van der Waals surface area contributed by atoms with Crippen molar-refractivity contribution in [3.63, 3.8) is 0 Å². The number of hydrogen-bond acceptors (Lipinski definition) is 3. The molecule has 21 heavy (non-hydrogen) atoms. The standard InChI is InChI=1S/C18H36N2S/c1-4-17(5-2)16-20(13-10-14-21-6-3)18(15-19-17)11-8-7-9-12-18/h19H,4-16H2,1-3H3. The van der Waals surface area contributed by atoms with Gasteiger partial charge in [0.25, 0.3) is 0 Å². The molecule has 1 saturated heterocycles.